The van der Waals surface area contributed by atoms with Gasteiger partial charge >= 0.3 is 0 Å². The molecule has 21 heavy (non-hydrogen) atoms. The van der Waals surface area contributed by atoms with Crippen molar-refractivity contribution in [3.8, 4) is 11.5 Å². The molecule has 0 spiro atoms. The first-order valence-corrected chi connectivity index (χ1v) is 7.98. The van der Waals surface area contributed by atoms with Gasteiger partial charge in [0.15, 0.2) is 0 Å². The molecule has 1 heterocycles. The highest BCUT2D eigenvalue weighted by Gasteiger charge is 2.20. The molecule has 0 aliphatic heterocycles. The van der Waals surface area contributed by atoms with Crippen molar-refractivity contribution in [1.82, 2.24) is 4.98 Å². The molecule has 2 aromatic rings. The number of nitrogens with two attached hydrogens (primary N) is 1. The average molecular weight is 304 g/mol. The number of ether oxygens (including phenoxy) is 2. The summed E-state index contributed by atoms with van der Waals surface area (Å²) in [5.74, 6) is 1.59. The molecule has 0 bridgehead atoms. The van der Waals surface area contributed by atoms with Crippen LogP contribution in [0.15, 0.2) is 18.2 Å². The Morgan fingerprint density at radius 1 is 1.29 bits per heavy atom. The van der Waals surface area contributed by atoms with Crippen LogP contribution in [0.5, 0.6) is 11.5 Å². The quantitative estimate of drug-likeness (QED) is 0.923. The molecule has 2 N–H and O–H groups in total. The van der Waals surface area contributed by atoms with Gasteiger partial charge in [0.1, 0.15) is 11.5 Å². The van der Waals surface area contributed by atoms with Gasteiger partial charge in [-0.15, -0.1) is 11.3 Å². The maximum Gasteiger partial charge on any atom is 0.123 e. The lowest BCUT2D eigenvalue weighted by molar-refractivity contribution is 0.395. The number of fused-ring (bicyclic) bond motifs is 1. The van der Waals surface area contributed by atoms with Crippen LogP contribution in [0.2, 0.25) is 0 Å². The lowest BCUT2D eigenvalue weighted by Crippen LogP contribution is -2.14. The smallest absolute Gasteiger partial charge is 0.123 e. The van der Waals surface area contributed by atoms with Gasteiger partial charge in [-0.3, -0.25) is 0 Å². The second kappa shape index (κ2) is 6.03. The van der Waals surface area contributed by atoms with Crippen molar-refractivity contribution in [2.45, 2.75) is 31.7 Å². The Morgan fingerprint density at radius 2 is 2.14 bits per heavy atom. The summed E-state index contributed by atoms with van der Waals surface area (Å²) in [5.41, 5.74) is 8.62. The average Bonchev–Trinajstić information content (AvgIpc) is 3.07. The highest BCUT2D eigenvalue weighted by molar-refractivity contribution is 7.11. The van der Waals surface area contributed by atoms with Crippen LogP contribution in [0.3, 0.4) is 0 Å². The minimum atomic E-state index is -0.138. The number of rotatable bonds is 5. The highest BCUT2D eigenvalue weighted by atomic mass is 32.1. The van der Waals surface area contributed by atoms with Gasteiger partial charge < -0.3 is 15.2 Å². The Labute approximate surface area is 128 Å². The van der Waals surface area contributed by atoms with Crippen LogP contribution in [0.4, 0.5) is 0 Å². The first kappa shape index (κ1) is 14.4. The minimum absolute atomic E-state index is 0.138. The molecule has 1 aromatic heterocycles. The first-order chi connectivity index (χ1) is 10.2. The van der Waals surface area contributed by atoms with Crippen LogP contribution < -0.4 is 15.2 Å². The van der Waals surface area contributed by atoms with E-state index in [-0.39, 0.29) is 6.04 Å². The predicted molar refractivity (Wildman–Crippen MR) is 84.3 cm³/mol. The zero-order valence-electron chi connectivity index (χ0n) is 12.4. The highest BCUT2D eigenvalue weighted by Crippen LogP contribution is 2.33. The topological polar surface area (TPSA) is 57.4 Å². The summed E-state index contributed by atoms with van der Waals surface area (Å²) in [6.45, 7) is 0. The van der Waals surface area contributed by atoms with E-state index in [2.05, 4.69) is 0 Å². The summed E-state index contributed by atoms with van der Waals surface area (Å²) >= 11 is 1.81. The van der Waals surface area contributed by atoms with Crippen LogP contribution in [-0.4, -0.2) is 19.2 Å². The third-order valence-electron chi connectivity index (χ3n) is 3.87. The fraction of sp³-hybridized carbons (Fsp3) is 0.438. The van der Waals surface area contributed by atoms with Crippen molar-refractivity contribution in [3.63, 3.8) is 0 Å². The summed E-state index contributed by atoms with van der Waals surface area (Å²) < 4.78 is 10.7. The number of methoxy groups -OCH3 is 2. The van der Waals surface area contributed by atoms with Gasteiger partial charge in [0.25, 0.3) is 0 Å². The number of aromatic nitrogens is 1. The Hall–Kier alpha value is -1.59. The Morgan fingerprint density at radius 3 is 2.86 bits per heavy atom. The van der Waals surface area contributed by atoms with E-state index in [1.54, 1.807) is 25.6 Å². The number of nitrogens with zero attached hydrogens (tertiary/aromatic N) is 1. The lowest BCUT2D eigenvalue weighted by atomic mass is 10.0. The second-order valence-corrected chi connectivity index (χ2v) is 6.42. The van der Waals surface area contributed by atoms with Gasteiger partial charge in [-0.05, 0) is 37.5 Å². The molecule has 4 nitrogen and oxygen atoms in total. The lowest BCUT2D eigenvalue weighted by Gasteiger charge is -2.16. The van der Waals surface area contributed by atoms with Gasteiger partial charge in [0.2, 0.25) is 0 Å². The van der Waals surface area contributed by atoms with Crippen LogP contribution >= 0.6 is 11.3 Å². The standard InChI is InChI=1S/C16H20N2O2S/c1-19-10-6-7-14(20-2)11(8-10)12(17)9-16-18-13-4-3-5-15(13)21-16/h6-8,12H,3-5,9,17H2,1-2H3. The number of benzene rings is 1. The molecule has 1 atom stereocenters. The molecular formula is C16H20N2O2S. The molecule has 0 saturated carbocycles. The molecule has 3 rings (SSSR count). The van der Waals surface area contributed by atoms with Crippen molar-refractivity contribution < 1.29 is 9.47 Å². The molecule has 1 aromatic carbocycles. The van der Waals surface area contributed by atoms with Crippen molar-refractivity contribution in [1.29, 1.82) is 0 Å². The maximum absolute atomic E-state index is 6.38. The zero-order chi connectivity index (χ0) is 14.8. The third-order valence-corrected chi connectivity index (χ3v) is 5.05. The molecule has 0 fully saturated rings. The summed E-state index contributed by atoms with van der Waals surface area (Å²) in [4.78, 5) is 6.16. The molecule has 112 valence electrons. The molecular weight excluding hydrogens is 284 g/mol. The molecule has 0 radical (unpaired) electrons. The van der Waals surface area contributed by atoms with E-state index in [1.807, 2.05) is 18.2 Å². The van der Waals surface area contributed by atoms with Crippen molar-refractivity contribution in [2.24, 2.45) is 5.73 Å². The van der Waals surface area contributed by atoms with Crippen molar-refractivity contribution in [2.75, 3.05) is 14.2 Å². The first-order valence-electron chi connectivity index (χ1n) is 7.16. The SMILES string of the molecule is COc1ccc(OC)c(C(N)Cc2nc3c(s2)CCC3)c1. The molecule has 0 saturated heterocycles. The van der Waals surface area contributed by atoms with E-state index in [0.717, 1.165) is 34.9 Å². The zero-order valence-corrected chi connectivity index (χ0v) is 13.2. The fourth-order valence-electron chi connectivity index (χ4n) is 2.76. The number of thiazole rings is 1. The molecule has 1 aliphatic carbocycles. The van der Waals surface area contributed by atoms with Crippen LogP contribution in [0, 0.1) is 0 Å². The normalized spacial score (nSPS) is 14.8. The van der Waals surface area contributed by atoms with E-state index in [1.165, 1.54) is 23.4 Å². The summed E-state index contributed by atoms with van der Waals surface area (Å²) in [6.07, 6.45) is 4.26. The fourth-order valence-corrected chi connectivity index (χ4v) is 3.97. The van der Waals surface area contributed by atoms with Crippen LogP contribution in [0.1, 0.15) is 33.6 Å². The van der Waals surface area contributed by atoms with Gasteiger partial charge in [0, 0.05) is 22.9 Å². The van der Waals surface area contributed by atoms with E-state index in [4.69, 9.17) is 20.2 Å². The summed E-state index contributed by atoms with van der Waals surface area (Å²) in [7, 11) is 3.32. The monoisotopic (exact) mass is 304 g/mol. The molecule has 1 unspecified atom stereocenters. The van der Waals surface area contributed by atoms with E-state index in [9.17, 15) is 0 Å². The van der Waals surface area contributed by atoms with E-state index in [0.29, 0.717) is 0 Å². The van der Waals surface area contributed by atoms with E-state index >= 15 is 0 Å². The van der Waals surface area contributed by atoms with Crippen molar-refractivity contribution >= 4 is 11.3 Å². The van der Waals surface area contributed by atoms with Gasteiger partial charge in [-0.2, -0.15) is 0 Å². The van der Waals surface area contributed by atoms with Crippen LogP contribution in [-0.2, 0) is 19.3 Å². The third kappa shape index (κ3) is 2.89. The predicted octanol–water partition coefficient (Wildman–Crippen LogP) is 2.89. The Kier molecular flexibility index (Phi) is 4.12. The van der Waals surface area contributed by atoms with Crippen LogP contribution in [0.25, 0.3) is 0 Å². The molecule has 0 amide bonds. The van der Waals surface area contributed by atoms with Gasteiger partial charge in [0.05, 0.1) is 24.9 Å². The summed E-state index contributed by atoms with van der Waals surface area (Å²) in [5, 5.41) is 1.12. The second-order valence-electron chi connectivity index (χ2n) is 5.25. The summed E-state index contributed by atoms with van der Waals surface area (Å²) in [6, 6.07) is 5.59. The number of aryl methyl sites for hydroxylation is 2. The Balaban J connectivity index is 1.82. The number of hydrogen-bond acceptors (Lipinski definition) is 5. The largest absolute Gasteiger partial charge is 0.497 e. The molecule has 5 heteroatoms. The van der Waals surface area contributed by atoms with Gasteiger partial charge in [-0.1, -0.05) is 0 Å². The minimum Gasteiger partial charge on any atom is -0.497 e. The van der Waals surface area contributed by atoms with Crippen molar-refractivity contribution in [3.05, 3.63) is 39.3 Å². The Bertz CT molecular complexity index is 618. The van der Waals surface area contributed by atoms with E-state index < -0.39 is 0 Å². The number of hydrogen-bond donors (Lipinski definition) is 1. The maximum atomic E-state index is 6.38. The van der Waals surface area contributed by atoms with Gasteiger partial charge in [-0.25, -0.2) is 4.98 Å². The molecule has 1 aliphatic rings.